The summed E-state index contributed by atoms with van der Waals surface area (Å²) in [5.41, 5.74) is 0.707. The van der Waals surface area contributed by atoms with Crippen LogP contribution in [0.2, 0.25) is 0 Å². The first-order valence-corrected chi connectivity index (χ1v) is 8.96. The predicted octanol–water partition coefficient (Wildman–Crippen LogP) is 6.09. The SMILES string of the molecule is Brc1ccccc1.CC(=O)CC(C)CC(=O)c1ccc(Br)cc1. The fourth-order valence-electron chi connectivity index (χ4n) is 2.05. The Hall–Kier alpha value is -1.26. The van der Waals surface area contributed by atoms with Gasteiger partial charge in [0, 0.05) is 27.4 Å². The van der Waals surface area contributed by atoms with Gasteiger partial charge >= 0.3 is 0 Å². The van der Waals surface area contributed by atoms with Crippen molar-refractivity contribution >= 4 is 43.4 Å². The molecule has 0 N–H and O–H groups in total. The summed E-state index contributed by atoms with van der Waals surface area (Å²) in [7, 11) is 0. The van der Waals surface area contributed by atoms with Crippen LogP contribution in [0.4, 0.5) is 0 Å². The number of carbonyl (C=O) groups excluding carboxylic acids is 2. The van der Waals surface area contributed by atoms with Crippen LogP contribution < -0.4 is 0 Å². The Morgan fingerprint density at radius 1 is 0.870 bits per heavy atom. The predicted molar refractivity (Wildman–Crippen MR) is 102 cm³/mol. The summed E-state index contributed by atoms with van der Waals surface area (Å²) in [6, 6.07) is 17.3. The van der Waals surface area contributed by atoms with Crippen molar-refractivity contribution in [2.45, 2.75) is 26.7 Å². The minimum Gasteiger partial charge on any atom is -0.300 e. The highest BCUT2D eigenvalue weighted by Crippen LogP contribution is 2.16. The molecule has 2 aromatic rings. The van der Waals surface area contributed by atoms with E-state index in [1.807, 2.05) is 49.4 Å². The third-order valence-electron chi connectivity index (χ3n) is 3.07. The van der Waals surface area contributed by atoms with E-state index in [0.29, 0.717) is 18.4 Å². The van der Waals surface area contributed by atoms with Gasteiger partial charge in [-0.25, -0.2) is 0 Å². The number of carbonyl (C=O) groups is 2. The van der Waals surface area contributed by atoms with Crippen LogP contribution in [-0.4, -0.2) is 11.6 Å². The molecule has 0 aliphatic carbocycles. The van der Waals surface area contributed by atoms with Gasteiger partial charge in [-0.3, -0.25) is 4.79 Å². The number of hydrogen-bond acceptors (Lipinski definition) is 2. The summed E-state index contributed by atoms with van der Waals surface area (Å²) >= 11 is 6.63. The molecule has 1 unspecified atom stereocenters. The average Bonchev–Trinajstić information content (AvgIpc) is 2.48. The van der Waals surface area contributed by atoms with E-state index in [1.165, 1.54) is 0 Å². The van der Waals surface area contributed by atoms with E-state index in [1.54, 1.807) is 19.1 Å². The molecule has 122 valence electrons. The lowest BCUT2D eigenvalue weighted by molar-refractivity contribution is -0.117. The Labute approximate surface area is 154 Å². The third kappa shape index (κ3) is 8.82. The Bertz CT molecular complexity index is 622. The zero-order valence-corrected chi connectivity index (χ0v) is 16.4. The monoisotopic (exact) mass is 438 g/mol. The van der Waals surface area contributed by atoms with Crippen LogP contribution in [0.3, 0.4) is 0 Å². The van der Waals surface area contributed by atoms with Crippen LogP contribution in [0.25, 0.3) is 0 Å². The highest BCUT2D eigenvalue weighted by atomic mass is 79.9. The number of rotatable bonds is 5. The van der Waals surface area contributed by atoms with E-state index < -0.39 is 0 Å². The Kier molecular flexibility index (Phi) is 9.03. The molecule has 0 aliphatic heterocycles. The first-order chi connectivity index (χ1) is 10.9. The lowest BCUT2D eigenvalue weighted by atomic mass is 9.96. The second-order valence-corrected chi connectivity index (χ2v) is 7.27. The van der Waals surface area contributed by atoms with Crippen LogP contribution in [0, 0.1) is 5.92 Å². The highest BCUT2D eigenvalue weighted by Gasteiger charge is 2.12. The van der Waals surface area contributed by atoms with Crippen molar-refractivity contribution in [2.24, 2.45) is 5.92 Å². The zero-order chi connectivity index (χ0) is 17.2. The van der Waals surface area contributed by atoms with Gasteiger partial charge < -0.3 is 4.79 Å². The van der Waals surface area contributed by atoms with Gasteiger partial charge in [0.25, 0.3) is 0 Å². The molecule has 0 spiro atoms. The maximum atomic E-state index is 11.8. The molecule has 0 aromatic heterocycles. The largest absolute Gasteiger partial charge is 0.300 e. The van der Waals surface area contributed by atoms with Crippen molar-refractivity contribution in [3.05, 3.63) is 69.1 Å². The average molecular weight is 440 g/mol. The lowest BCUT2D eigenvalue weighted by Crippen LogP contribution is -2.09. The second-order valence-electron chi connectivity index (χ2n) is 5.44. The molecular weight excluding hydrogens is 420 g/mol. The van der Waals surface area contributed by atoms with Gasteiger partial charge in [-0.15, -0.1) is 0 Å². The van der Waals surface area contributed by atoms with Crippen LogP contribution in [0.1, 0.15) is 37.0 Å². The van der Waals surface area contributed by atoms with Crippen LogP contribution in [0.15, 0.2) is 63.5 Å². The first kappa shape index (κ1) is 19.8. The molecule has 1 atom stereocenters. The quantitative estimate of drug-likeness (QED) is 0.528. The molecule has 23 heavy (non-hydrogen) atoms. The topological polar surface area (TPSA) is 34.1 Å². The number of Topliss-reactive ketones (excluding diaryl/α,β-unsaturated/α-hetero) is 2. The van der Waals surface area contributed by atoms with Gasteiger partial charge in [-0.2, -0.15) is 0 Å². The summed E-state index contributed by atoms with van der Waals surface area (Å²) in [6.45, 7) is 3.48. The van der Waals surface area contributed by atoms with Crippen molar-refractivity contribution in [3.8, 4) is 0 Å². The molecule has 2 rings (SSSR count). The molecule has 0 heterocycles. The molecule has 0 radical (unpaired) electrons. The van der Waals surface area contributed by atoms with Gasteiger partial charge in [0.05, 0.1) is 0 Å². The summed E-state index contributed by atoms with van der Waals surface area (Å²) in [4.78, 5) is 22.7. The minimum absolute atomic E-state index is 0.0984. The maximum Gasteiger partial charge on any atom is 0.163 e. The zero-order valence-electron chi connectivity index (χ0n) is 13.3. The lowest BCUT2D eigenvalue weighted by Gasteiger charge is -2.08. The van der Waals surface area contributed by atoms with Crippen LogP contribution in [-0.2, 0) is 4.79 Å². The summed E-state index contributed by atoms with van der Waals surface area (Å²) < 4.78 is 2.09. The highest BCUT2D eigenvalue weighted by molar-refractivity contribution is 9.10. The smallest absolute Gasteiger partial charge is 0.163 e. The summed E-state index contributed by atoms with van der Waals surface area (Å²) in [5, 5.41) is 0. The molecule has 4 heteroatoms. The van der Waals surface area contributed by atoms with Crippen molar-refractivity contribution < 1.29 is 9.59 Å². The van der Waals surface area contributed by atoms with Gasteiger partial charge in [0.1, 0.15) is 5.78 Å². The van der Waals surface area contributed by atoms with Crippen molar-refractivity contribution in [3.63, 3.8) is 0 Å². The first-order valence-electron chi connectivity index (χ1n) is 7.37. The van der Waals surface area contributed by atoms with Gasteiger partial charge in [-0.1, -0.05) is 69.1 Å². The number of hydrogen-bond donors (Lipinski definition) is 0. The third-order valence-corrected chi connectivity index (χ3v) is 4.13. The molecule has 0 fully saturated rings. The molecule has 2 nitrogen and oxygen atoms in total. The van der Waals surface area contributed by atoms with Crippen molar-refractivity contribution in [2.75, 3.05) is 0 Å². The molecule has 0 amide bonds. The second kappa shape index (κ2) is 10.5. The summed E-state index contributed by atoms with van der Waals surface area (Å²) in [6.07, 6.45) is 0.906. The molecular formula is C19H20Br2O2. The van der Waals surface area contributed by atoms with Crippen LogP contribution in [0.5, 0.6) is 0 Å². The van der Waals surface area contributed by atoms with E-state index in [-0.39, 0.29) is 17.5 Å². The van der Waals surface area contributed by atoms with Gasteiger partial charge in [0.15, 0.2) is 5.78 Å². The van der Waals surface area contributed by atoms with Gasteiger partial charge in [0.2, 0.25) is 0 Å². The maximum absolute atomic E-state index is 11.8. The van der Waals surface area contributed by atoms with E-state index in [0.717, 1.165) is 8.95 Å². The molecule has 0 saturated carbocycles. The number of benzene rings is 2. The normalized spacial score (nSPS) is 11.1. The summed E-state index contributed by atoms with van der Waals surface area (Å²) in [5.74, 6) is 0.353. The minimum atomic E-state index is 0.0984. The molecule has 0 aliphatic rings. The van der Waals surface area contributed by atoms with E-state index in [9.17, 15) is 9.59 Å². The fraction of sp³-hybridized carbons (Fsp3) is 0.263. The Balaban J connectivity index is 0.000000313. The van der Waals surface area contributed by atoms with E-state index in [4.69, 9.17) is 0 Å². The Morgan fingerprint density at radius 2 is 1.39 bits per heavy atom. The standard InChI is InChI=1S/C13H15BrO2.C6H5Br/c1-9(7-10(2)15)8-13(16)11-3-5-12(14)6-4-11;7-6-4-2-1-3-5-6/h3-6,9H,7-8H2,1-2H3;1-5H. The van der Waals surface area contributed by atoms with Crippen molar-refractivity contribution in [1.82, 2.24) is 0 Å². The van der Waals surface area contributed by atoms with Gasteiger partial charge in [-0.05, 0) is 37.1 Å². The molecule has 0 saturated heterocycles. The van der Waals surface area contributed by atoms with E-state index in [2.05, 4.69) is 31.9 Å². The molecule has 0 bridgehead atoms. The van der Waals surface area contributed by atoms with E-state index >= 15 is 0 Å². The number of ketones is 2. The number of halogens is 2. The fourth-order valence-corrected chi connectivity index (χ4v) is 2.62. The molecule has 2 aromatic carbocycles. The van der Waals surface area contributed by atoms with Crippen LogP contribution >= 0.6 is 31.9 Å². The van der Waals surface area contributed by atoms with Crippen molar-refractivity contribution in [1.29, 1.82) is 0 Å². The Morgan fingerprint density at radius 3 is 1.83 bits per heavy atom.